The van der Waals surface area contributed by atoms with E-state index in [-0.39, 0.29) is 42.1 Å². The minimum atomic E-state index is -1.54. The van der Waals surface area contributed by atoms with Crippen LogP contribution in [0.3, 0.4) is 0 Å². The van der Waals surface area contributed by atoms with E-state index >= 15 is 0 Å². The molecule has 1 aromatic carbocycles. The van der Waals surface area contributed by atoms with Gasteiger partial charge in [-0.2, -0.15) is 0 Å². The molecule has 1 aliphatic heterocycles. The number of hydrogen-bond acceptors (Lipinski definition) is 8. The second-order valence-electron chi connectivity index (χ2n) is 7.50. The zero-order valence-electron chi connectivity index (χ0n) is 17.8. The second-order valence-corrected chi connectivity index (χ2v) is 7.50. The number of ether oxygens (including phenoxy) is 2. The molecule has 0 aliphatic carbocycles. The number of nitrogen functional groups attached to an aromatic ring is 1. The Morgan fingerprint density at radius 1 is 1.36 bits per heavy atom. The highest BCUT2D eigenvalue weighted by Gasteiger charge is 2.30. The van der Waals surface area contributed by atoms with E-state index in [0.29, 0.717) is 34.2 Å². The van der Waals surface area contributed by atoms with Crippen LogP contribution in [0.1, 0.15) is 28.4 Å². The van der Waals surface area contributed by atoms with Gasteiger partial charge in [0.25, 0.3) is 5.56 Å². The molecule has 0 bridgehead atoms. The maximum absolute atomic E-state index is 14.2. The van der Waals surface area contributed by atoms with Crippen molar-refractivity contribution in [1.29, 1.82) is 0 Å². The molecule has 1 unspecified atom stereocenters. The number of pyridine rings is 2. The molecule has 1 amide bonds. The first-order chi connectivity index (χ1) is 15.8. The number of nitrogens with one attached hydrogen (secondary N) is 1. The maximum atomic E-state index is 14.2. The fourth-order valence-electron chi connectivity index (χ4n) is 4.01. The van der Waals surface area contributed by atoms with Crippen molar-refractivity contribution < 1.29 is 28.6 Å². The van der Waals surface area contributed by atoms with Crippen LogP contribution in [-0.4, -0.2) is 41.2 Å². The number of halogens is 1. The largest absolute Gasteiger partial charge is 0.445 e. The first-order valence-corrected chi connectivity index (χ1v) is 9.94. The summed E-state index contributed by atoms with van der Waals surface area (Å²) in [5.41, 5.74) is 7.46. The van der Waals surface area contributed by atoms with Crippen molar-refractivity contribution in [2.24, 2.45) is 0 Å². The van der Waals surface area contributed by atoms with Gasteiger partial charge < -0.3 is 35.0 Å². The number of anilines is 1. The lowest BCUT2D eigenvalue weighted by Gasteiger charge is -2.14. The first-order valence-electron chi connectivity index (χ1n) is 9.94. The topological polar surface area (TPSA) is 146 Å². The molecule has 0 fully saturated rings. The Balaban J connectivity index is 2.00. The summed E-state index contributed by atoms with van der Waals surface area (Å²) in [4.78, 5) is 40.8. The Morgan fingerprint density at radius 3 is 2.79 bits per heavy atom. The van der Waals surface area contributed by atoms with Crippen molar-refractivity contribution >= 4 is 29.0 Å². The highest BCUT2D eigenvalue weighted by molar-refractivity contribution is 5.90. The average molecular weight is 456 g/mol. The summed E-state index contributed by atoms with van der Waals surface area (Å²) in [6, 6.07) is 4.07. The van der Waals surface area contributed by atoms with Crippen molar-refractivity contribution in [3.8, 4) is 11.4 Å². The Bertz CT molecular complexity index is 1350. The van der Waals surface area contributed by atoms with Gasteiger partial charge in [-0.05, 0) is 12.1 Å². The third kappa shape index (κ3) is 3.70. The molecular formula is C22H21FN4O6. The van der Waals surface area contributed by atoms with Crippen LogP contribution in [0.25, 0.3) is 22.3 Å². The lowest BCUT2D eigenvalue weighted by Crippen LogP contribution is -2.26. The van der Waals surface area contributed by atoms with E-state index in [1.807, 2.05) is 0 Å². The molecule has 172 valence electrons. The number of aliphatic hydroxyl groups is 1. The predicted molar refractivity (Wildman–Crippen MR) is 116 cm³/mol. The molecule has 11 heteroatoms. The van der Waals surface area contributed by atoms with Crippen LogP contribution >= 0.6 is 0 Å². The number of alkyl carbamates (subject to hydrolysis) is 1. The fraction of sp³-hybridized carbons (Fsp3) is 0.273. The van der Waals surface area contributed by atoms with E-state index < -0.39 is 23.6 Å². The molecule has 10 nitrogen and oxygen atoms in total. The van der Waals surface area contributed by atoms with Crippen LogP contribution in [0.15, 0.2) is 23.0 Å². The third-order valence-electron chi connectivity index (χ3n) is 5.60. The van der Waals surface area contributed by atoms with Gasteiger partial charge in [0.2, 0.25) is 0 Å². The number of rotatable bonds is 6. The molecule has 4 N–H and O–H groups in total. The Hall–Kier alpha value is -3.83. The van der Waals surface area contributed by atoms with Gasteiger partial charge in [-0.15, -0.1) is 0 Å². The smallest absolute Gasteiger partial charge is 0.407 e. The van der Waals surface area contributed by atoms with Gasteiger partial charge in [0, 0.05) is 47.9 Å². The Morgan fingerprint density at radius 2 is 2.12 bits per heavy atom. The van der Waals surface area contributed by atoms with Crippen LogP contribution in [0.5, 0.6) is 0 Å². The molecule has 1 aliphatic rings. The van der Waals surface area contributed by atoms with E-state index in [1.165, 1.54) is 30.9 Å². The number of carbonyl (C=O) groups excluding carboxylic acids is 2. The SMILES string of the molecule is CNC(=O)OCc1c2c(nc3cc(F)c(N)cc13)-c1cc(C(O)C=O)c(COC)c(=O)n1C2. The van der Waals surface area contributed by atoms with Crippen LogP contribution < -0.4 is 16.6 Å². The van der Waals surface area contributed by atoms with Crippen LogP contribution in [0.2, 0.25) is 0 Å². The predicted octanol–water partition coefficient (Wildman–Crippen LogP) is 1.38. The van der Waals surface area contributed by atoms with E-state index in [4.69, 9.17) is 15.2 Å². The molecular weight excluding hydrogens is 435 g/mol. The lowest BCUT2D eigenvalue weighted by molar-refractivity contribution is -0.115. The Kier molecular flexibility index (Phi) is 5.83. The molecule has 0 saturated carbocycles. The quantitative estimate of drug-likeness (QED) is 0.291. The van der Waals surface area contributed by atoms with Crippen molar-refractivity contribution in [1.82, 2.24) is 14.9 Å². The number of nitrogens with zero attached hydrogens (tertiary/aromatic N) is 2. The van der Waals surface area contributed by atoms with Crippen molar-refractivity contribution in [3.05, 3.63) is 56.6 Å². The summed E-state index contributed by atoms with van der Waals surface area (Å²) < 4.78 is 26.0. The summed E-state index contributed by atoms with van der Waals surface area (Å²) in [5.74, 6) is -0.670. The number of hydrogen-bond donors (Lipinski definition) is 3. The standard InChI is InChI=1S/C22H21FN4O6/c1-25-22(31)33-9-13-10-3-16(24)15(23)5-17(10)26-20-12(13)6-27-18(20)4-11(19(29)7-28)14(8-32-2)21(27)30/h3-5,7,19,29H,6,8-9,24H2,1-2H3,(H,25,31). The average Bonchev–Trinajstić information content (AvgIpc) is 3.17. The summed E-state index contributed by atoms with van der Waals surface area (Å²) in [6.45, 7) is -0.201. The fourth-order valence-corrected chi connectivity index (χ4v) is 4.01. The van der Waals surface area contributed by atoms with Gasteiger partial charge in [-0.1, -0.05) is 0 Å². The number of fused-ring (bicyclic) bond motifs is 4. The Labute approximate surface area is 186 Å². The molecule has 3 aromatic rings. The van der Waals surface area contributed by atoms with E-state index in [0.717, 1.165) is 6.07 Å². The normalized spacial score (nSPS) is 12.8. The molecule has 0 radical (unpaired) electrons. The molecule has 4 rings (SSSR count). The lowest BCUT2D eigenvalue weighted by atomic mass is 9.99. The van der Waals surface area contributed by atoms with E-state index in [9.17, 15) is 23.9 Å². The number of amides is 1. The minimum absolute atomic E-state index is 0.0876. The zero-order valence-corrected chi connectivity index (χ0v) is 17.8. The number of carbonyl (C=O) groups is 2. The monoisotopic (exact) mass is 456 g/mol. The number of benzene rings is 1. The number of methoxy groups -OCH3 is 1. The van der Waals surface area contributed by atoms with Gasteiger partial charge in [0.1, 0.15) is 18.5 Å². The highest BCUT2D eigenvalue weighted by Crippen LogP contribution is 2.38. The number of aldehydes is 1. The van der Waals surface area contributed by atoms with Gasteiger partial charge in [0.15, 0.2) is 6.29 Å². The summed E-state index contributed by atoms with van der Waals surface area (Å²) in [7, 11) is 2.81. The maximum Gasteiger partial charge on any atom is 0.407 e. The van der Waals surface area contributed by atoms with Gasteiger partial charge in [-0.3, -0.25) is 4.79 Å². The van der Waals surface area contributed by atoms with Crippen molar-refractivity contribution in [2.45, 2.75) is 25.9 Å². The van der Waals surface area contributed by atoms with Crippen LogP contribution in [0.4, 0.5) is 14.9 Å². The van der Waals surface area contributed by atoms with Crippen molar-refractivity contribution in [3.63, 3.8) is 0 Å². The first kappa shape index (κ1) is 22.4. The van der Waals surface area contributed by atoms with E-state index in [1.54, 1.807) is 0 Å². The molecule has 0 saturated heterocycles. The number of aliphatic hydroxyl groups excluding tert-OH is 1. The summed E-state index contributed by atoms with van der Waals surface area (Å²) >= 11 is 0. The van der Waals surface area contributed by atoms with Crippen molar-refractivity contribution in [2.75, 3.05) is 19.9 Å². The molecule has 3 heterocycles. The van der Waals surface area contributed by atoms with E-state index in [2.05, 4.69) is 10.3 Å². The zero-order chi connectivity index (χ0) is 23.9. The molecule has 1 atom stereocenters. The van der Waals surface area contributed by atoms with Gasteiger partial charge in [0.05, 0.1) is 35.7 Å². The molecule has 33 heavy (non-hydrogen) atoms. The van der Waals surface area contributed by atoms with Crippen LogP contribution in [-0.2, 0) is 34.0 Å². The highest BCUT2D eigenvalue weighted by atomic mass is 19.1. The van der Waals surface area contributed by atoms with Gasteiger partial charge >= 0.3 is 6.09 Å². The number of nitrogens with two attached hydrogens (primary N) is 1. The van der Waals surface area contributed by atoms with Crippen LogP contribution in [0, 0.1) is 5.82 Å². The second kappa shape index (κ2) is 8.60. The summed E-state index contributed by atoms with van der Waals surface area (Å²) in [5, 5.41) is 13.0. The summed E-state index contributed by atoms with van der Waals surface area (Å²) in [6.07, 6.45) is -1.89. The third-order valence-corrected chi connectivity index (χ3v) is 5.60. The minimum Gasteiger partial charge on any atom is -0.445 e. The molecule has 2 aromatic heterocycles. The number of aromatic nitrogens is 2. The van der Waals surface area contributed by atoms with Gasteiger partial charge in [-0.25, -0.2) is 14.2 Å². The molecule has 0 spiro atoms.